The smallest absolute Gasteiger partial charge is 0.260 e. The van der Waals surface area contributed by atoms with Crippen molar-refractivity contribution in [2.24, 2.45) is 5.73 Å². The van der Waals surface area contributed by atoms with Gasteiger partial charge in [-0.1, -0.05) is 12.1 Å². The molecule has 1 fully saturated rings. The van der Waals surface area contributed by atoms with E-state index in [0.29, 0.717) is 6.54 Å². The summed E-state index contributed by atoms with van der Waals surface area (Å²) >= 11 is 0. The van der Waals surface area contributed by atoms with Crippen LogP contribution in [0.5, 0.6) is 5.75 Å². The minimum atomic E-state index is 0.0175. The van der Waals surface area contributed by atoms with E-state index in [9.17, 15) is 4.79 Å². The van der Waals surface area contributed by atoms with Crippen LogP contribution < -0.4 is 10.5 Å². The molecule has 1 saturated heterocycles. The predicted molar refractivity (Wildman–Crippen MR) is 70.6 cm³/mol. The number of amides is 1. The van der Waals surface area contributed by atoms with E-state index in [2.05, 4.69) is 0 Å². The molecule has 2 rings (SSSR count). The van der Waals surface area contributed by atoms with Crippen LogP contribution in [0.15, 0.2) is 18.2 Å². The number of ether oxygens (including phenoxy) is 1. The standard InChI is InChI=1S/C14H20N2O2/c1-10-3-4-11(2)13(7-10)18-9-14(17)16-6-5-12(15)8-16/h3-4,7,12H,5-6,8-9,15H2,1-2H3/t12-/m1/s1. The molecule has 0 aliphatic carbocycles. The van der Waals surface area contributed by atoms with Crippen molar-refractivity contribution in [1.29, 1.82) is 0 Å². The van der Waals surface area contributed by atoms with Crippen LogP contribution >= 0.6 is 0 Å². The molecule has 0 radical (unpaired) electrons. The topological polar surface area (TPSA) is 55.6 Å². The van der Waals surface area contributed by atoms with Crippen molar-refractivity contribution < 1.29 is 9.53 Å². The van der Waals surface area contributed by atoms with Gasteiger partial charge in [-0.2, -0.15) is 0 Å². The molecule has 1 heterocycles. The number of carbonyl (C=O) groups is 1. The van der Waals surface area contributed by atoms with Gasteiger partial charge in [0.2, 0.25) is 0 Å². The second-order valence-electron chi connectivity index (χ2n) is 4.95. The summed E-state index contributed by atoms with van der Waals surface area (Å²) in [5.41, 5.74) is 7.96. The highest BCUT2D eigenvalue weighted by molar-refractivity contribution is 5.78. The zero-order valence-electron chi connectivity index (χ0n) is 11.0. The molecule has 1 amide bonds. The Hall–Kier alpha value is -1.55. The SMILES string of the molecule is Cc1ccc(C)c(OCC(=O)N2CC[C@@H](N)C2)c1. The lowest BCUT2D eigenvalue weighted by Gasteiger charge is -2.16. The minimum Gasteiger partial charge on any atom is -0.483 e. The molecule has 98 valence electrons. The quantitative estimate of drug-likeness (QED) is 0.875. The molecule has 0 saturated carbocycles. The van der Waals surface area contributed by atoms with Crippen LogP contribution in [0.3, 0.4) is 0 Å². The fourth-order valence-corrected chi connectivity index (χ4v) is 2.11. The van der Waals surface area contributed by atoms with Crippen molar-refractivity contribution in [2.75, 3.05) is 19.7 Å². The third kappa shape index (κ3) is 3.01. The Morgan fingerprint density at radius 2 is 2.28 bits per heavy atom. The molecule has 18 heavy (non-hydrogen) atoms. The second-order valence-corrected chi connectivity index (χ2v) is 4.95. The minimum absolute atomic E-state index is 0.0175. The number of nitrogens with zero attached hydrogens (tertiary/aromatic N) is 1. The number of hydrogen-bond donors (Lipinski definition) is 1. The van der Waals surface area contributed by atoms with Crippen LogP contribution in [0.1, 0.15) is 17.5 Å². The first-order chi connectivity index (χ1) is 8.56. The number of aryl methyl sites for hydroxylation is 2. The summed E-state index contributed by atoms with van der Waals surface area (Å²) in [7, 11) is 0. The van der Waals surface area contributed by atoms with E-state index in [-0.39, 0.29) is 18.6 Å². The van der Waals surface area contributed by atoms with Crippen molar-refractivity contribution in [3.63, 3.8) is 0 Å². The van der Waals surface area contributed by atoms with Gasteiger partial charge < -0.3 is 15.4 Å². The zero-order valence-corrected chi connectivity index (χ0v) is 11.0. The maximum atomic E-state index is 11.9. The highest BCUT2D eigenvalue weighted by Gasteiger charge is 2.23. The average Bonchev–Trinajstić information content (AvgIpc) is 2.77. The summed E-state index contributed by atoms with van der Waals surface area (Å²) < 4.78 is 5.60. The average molecular weight is 248 g/mol. The molecule has 1 aromatic carbocycles. The highest BCUT2D eigenvalue weighted by Crippen LogP contribution is 2.19. The second kappa shape index (κ2) is 5.40. The summed E-state index contributed by atoms with van der Waals surface area (Å²) in [5.74, 6) is 0.802. The van der Waals surface area contributed by atoms with E-state index in [0.717, 1.165) is 29.8 Å². The Kier molecular flexibility index (Phi) is 3.87. The molecule has 4 nitrogen and oxygen atoms in total. The van der Waals surface area contributed by atoms with Crippen molar-refractivity contribution in [3.05, 3.63) is 29.3 Å². The van der Waals surface area contributed by atoms with Gasteiger partial charge in [-0.3, -0.25) is 4.79 Å². The van der Waals surface area contributed by atoms with Gasteiger partial charge in [-0.15, -0.1) is 0 Å². The first-order valence-corrected chi connectivity index (χ1v) is 6.29. The third-order valence-electron chi connectivity index (χ3n) is 3.27. The number of rotatable bonds is 3. The van der Waals surface area contributed by atoms with Gasteiger partial charge in [0.15, 0.2) is 6.61 Å². The molecule has 0 bridgehead atoms. The van der Waals surface area contributed by atoms with Crippen LogP contribution in [-0.4, -0.2) is 36.5 Å². The Labute approximate surface area is 108 Å². The van der Waals surface area contributed by atoms with Gasteiger partial charge in [0, 0.05) is 19.1 Å². The van der Waals surface area contributed by atoms with Gasteiger partial charge in [-0.05, 0) is 37.5 Å². The molecule has 4 heteroatoms. The summed E-state index contributed by atoms with van der Waals surface area (Å²) in [6.45, 7) is 5.47. The molecule has 1 aliphatic rings. The van der Waals surface area contributed by atoms with Crippen LogP contribution in [0, 0.1) is 13.8 Å². The molecular weight excluding hydrogens is 228 g/mol. The summed E-state index contributed by atoms with van der Waals surface area (Å²) in [6, 6.07) is 6.11. The molecule has 1 aliphatic heterocycles. The van der Waals surface area contributed by atoms with Crippen molar-refractivity contribution in [1.82, 2.24) is 4.90 Å². The molecule has 1 aromatic rings. The van der Waals surface area contributed by atoms with Gasteiger partial charge in [0.05, 0.1) is 0 Å². The zero-order chi connectivity index (χ0) is 13.1. The van der Waals surface area contributed by atoms with Crippen molar-refractivity contribution >= 4 is 5.91 Å². The lowest BCUT2D eigenvalue weighted by Crippen LogP contribution is -2.35. The molecule has 2 N–H and O–H groups in total. The van der Waals surface area contributed by atoms with Crippen LogP contribution in [0.4, 0.5) is 0 Å². The van der Waals surface area contributed by atoms with Gasteiger partial charge >= 0.3 is 0 Å². The van der Waals surface area contributed by atoms with Gasteiger partial charge in [-0.25, -0.2) is 0 Å². The van der Waals surface area contributed by atoms with Crippen LogP contribution in [0.2, 0.25) is 0 Å². The van der Waals surface area contributed by atoms with E-state index in [1.807, 2.05) is 32.0 Å². The van der Waals surface area contributed by atoms with Crippen LogP contribution in [-0.2, 0) is 4.79 Å². The third-order valence-corrected chi connectivity index (χ3v) is 3.27. The largest absolute Gasteiger partial charge is 0.483 e. The maximum Gasteiger partial charge on any atom is 0.260 e. The Bertz CT molecular complexity index is 445. The van der Waals surface area contributed by atoms with Crippen molar-refractivity contribution in [3.8, 4) is 5.75 Å². The first-order valence-electron chi connectivity index (χ1n) is 6.29. The Morgan fingerprint density at radius 3 is 2.94 bits per heavy atom. The first kappa shape index (κ1) is 12.9. The molecule has 0 spiro atoms. The maximum absolute atomic E-state index is 11.9. The van der Waals surface area contributed by atoms with Crippen molar-refractivity contribution in [2.45, 2.75) is 26.3 Å². The van der Waals surface area contributed by atoms with E-state index < -0.39 is 0 Å². The Morgan fingerprint density at radius 1 is 1.50 bits per heavy atom. The Balaban J connectivity index is 1.91. The monoisotopic (exact) mass is 248 g/mol. The predicted octanol–water partition coefficient (Wildman–Crippen LogP) is 1.24. The van der Waals surface area contributed by atoms with E-state index in [1.54, 1.807) is 4.90 Å². The summed E-state index contributed by atoms with van der Waals surface area (Å²) in [5, 5.41) is 0. The lowest BCUT2D eigenvalue weighted by molar-refractivity contribution is -0.132. The van der Waals surface area contributed by atoms with E-state index >= 15 is 0 Å². The normalized spacial score (nSPS) is 19.1. The molecule has 0 aromatic heterocycles. The highest BCUT2D eigenvalue weighted by atomic mass is 16.5. The van der Waals surface area contributed by atoms with Gasteiger partial charge in [0.25, 0.3) is 5.91 Å². The fourth-order valence-electron chi connectivity index (χ4n) is 2.11. The van der Waals surface area contributed by atoms with Crippen LogP contribution in [0.25, 0.3) is 0 Å². The number of benzene rings is 1. The number of carbonyl (C=O) groups excluding carboxylic acids is 1. The summed E-state index contributed by atoms with van der Waals surface area (Å²) in [6.07, 6.45) is 0.884. The molecule has 1 atom stereocenters. The fraction of sp³-hybridized carbons (Fsp3) is 0.500. The van der Waals surface area contributed by atoms with E-state index in [4.69, 9.17) is 10.5 Å². The molecule has 0 unspecified atom stereocenters. The summed E-state index contributed by atoms with van der Waals surface area (Å²) in [4.78, 5) is 13.7. The van der Waals surface area contributed by atoms with E-state index in [1.165, 1.54) is 0 Å². The number of likely N-dealkylation sites (tertiary alicyclic amines) is 1. The number of hydrogen-bond acceptors (Lipinski definition) is 3. The lowest BCUT2D eigenvalue weighted by atomic mass is 10.1. The molecular formula is C14H20N2O2. The van der Waals surface area contributed by atoms with Gasteiger partial charge in [0.1, 0.15) is 5.75 Å². The number of nitrogens with two attached hydrogens (primary N) is 1.